The van der Waals surface area contributed by atoms with Crippen LogP contribution < -0.4 is 10.6 Å². The van der Waals surface area contributed by atoms with Crippen LogP contribution in [0.2, 0.25) is 0 Å². The molecule has 1 saturated heterocycles. The number of methoxy groups -OCH3 is 1. The Morgan fingerprint density at radius 2 is 2.06 bits per heavy atom. The molecule has 0 aromatic rings. The van der Waals surface area contributed by atoms with E-state index in [0.717, 1.165) is 6.61 Å². The normalized spacial score (nSPS) is 26.1. The van der Waals surface area contributed by atoms with Gasteiger partial charge in [0.05, 0.1) is 6.61 Å². The van der Waals surface area contributed by atoms with Gasteiger partial charge in [0.1, 0.15) is 0 Å². The molecule has 1 aliphatic heterocycles. The summed E-state index contributed by atoms with van der Waals surface area (Å²) in [4.78, 5) is 0. The van der Waals surface area contributed by atoms with E-state index in [1.165, 1.54) is 38.6 Å². The Hall–Kier alpha value is -0.120. The van der Waals surface area contributed by atoms with Crippen LogP contribution in [0, 0.1) is 0 Å². The lowest BCUT2D eigenvalue weighted by Gasteiger charge is -2.24. The van der Waals surface area contributed by atoms with Crippen molar-refractivity contribution in [3.63, 3.8) is 0 Å². The third-order valence-corrected chi connectivity index (χ3v) is 3.29. The van der Waals surface area contributed by atoms with Gasteiger partial charge in [-0.05, 0) is 39.7 Å². The van der Waals surface area contributed by atoms with E-state index in [4.69, 9.17) is 4.74 Å². The first-order valence-corrected chi connectivity index (χ1v) is 6.70. The molecule has 0 aromatic carbocycles. The average molecular weight is 228 g/mol. The molecule has 0 bridgehead atoms. The van der Waals surface area contributed by atoms with Gasteiger partial charge in [0.2, 0.25) is 0 Å². The predicted molar refractivity (Wildman–Crippen MR) is 68.8 cm³/mol. The molecule has 3 atom stereocenters. The Balaban J connectivity index is 2.18. The van der Waals surface area contributed by atoms with Crippen LogP contribution in [0.5, 0.6) is 0 Å². The van der Waals surface area contributed by atoms with E-state index in [2.05, 4.69) is 24.5 Å². The standard InChI is InChI=1S/C13H28N2O/c1-11(15-12(2)10-16-3)9-13-7-5-4-6-8-14-13/h11-15H,4-10H2,1-3H3. The van der Waals surface area contributed by atoms with Gasteiger partial charge in [0.15, 0.2) is 0 Å². The Morgan fingerprint density at radius 3 is 2.81 bits per heavy atom. The van der Waals surface area contributed by atoms with Gasteiger partial charge in [-0.2, -0.15) is 0 Å². The van der Waals surface area contributed by atoms with Crippen LogP contribution in [0.1, 0.15) is 46.0 Å². The van der Waals surface area contributed by atoms with Gasteiger partial charge in [0.25, 0.3) is 0 Å². The molecule has 0 spiro atoms. The molecule has 96 valence electrons. The molecule has 0 aromatic heterocycles. The lowest BCUT2D eigenvalue weighted by molar-refractivity contribution is 0.165. The monoisotopic (exact) mass is 228 g/mol. The predicted octanol–water partition coefficient (Wildman–Crippen LogP) is 1.92. The van der Waals surface area contributed by atoms with Crippen LogP contribution in [-0.2, 0) is 4.74 Å². The minimum absolute atomic E-state index is 0.450. The fourth-order valence-electron chi connectivity index (χ4n) is 2.58. The first-order chi connectivity index (χ1) is 7.72. The highest BCUT2D eigenvalue weighted by Crippen LogP contribution is 2.12. The van der Waals surface area contributed by atoms with Crippen LogP contribution in [-0.4, -0.2) is 38.4 Å². The molecule has 1 heterocycles. The zero-order valence-electron chi connectivity index (χ0n) is 11.1. The SMILES string of the molecule is COCC(C)NC(C)CC1CCCCCN1. The van der Waals surface area contributed by atoms with E-state index < -0.39 is 0 Å². The topological polar surface area (TPSA) is 33.3 Å². The van der Waals surface area contributed by atoms with Crippen molar-refractivity contribution in [2.75, 3.05) is 20.3 Å². The smallest absolute Gasteiger partial charge is 0.0613 e. The highest BCUT2D eigenvalue weighted by Gasteiger charge is 2.15. The maximum atomic E-state index is 5.14. The molecule has 1 rings (SSSR count). The van der Waals surface area contributed by atoms with E-state index in [1.54, 1.807) is 7.11 Å². The fourth-order valence-corrected chi connectivity index (χ4v) is 2.58. The summed E-state index contributed by atoms with van der Waals surface area (Å²) in [6.07, 6.45) is 6.69. The van der Waals surface area contributed by atoms with E-state index in [0.29, 0.717) is 18.1 Å². The van der Waals surface area contributed by atoms with E-state index in [-0.39, 0.29) is 0 Å². The van der Waals surface area contributed by atoms with Crippen LogP contribution in [0.25, 0.3) is 0 Å². The average Bonchev–Trinajstić information content (AvgIpc) is 2.46. The minimum Gasteiger partial charge on any atom is -0.383 e. The molecule has 3 unspecified atom stereocenters. The molecule has 2 N–H and O–H groups in total. The van der Waals surface area contributed by atoms with Crippen LogP contribution in [0.3, 0.4) is 0 Å². The van der Waals surface area contributed by atoms with Crippen molar-refractivity contribution in [2.45, 2.75) is 64.1 Å². The van der Waals surface area contributed by atoms with Gasteiger partial charge < -0.3 is 15.4 Å². The number of hydrogen-bond acceptors (Lipinski definition) is 3. The Morgan fingerprint density at radius 1 is 1.25 bits per heavy atom. The van der Waals surface area contributed by atoms with E-state index >= 15 is 0 Å². The number of nitrogens with one attached hydrogen (secondary N) is 2. The number of rotatable bonds is 6. The summed E-state index contributed by atoms with van der Waals surface area (Å²) in [5, 5.41) is 7.23. The van der Waals surface area contributed by atoms with Crippen molar-refractivity contribution in [3.8, 4) is 0 Å². The molecule has 3 nitrogen and oxygen atoms in total. The van der Waals surface area contributed by atoms with Gasteiger partial charge in [-0.3, -0.25) is 0 Å². The van der Waals surface area contributed by atoms with Gasteiger partial charge in [-0.25, -0.2) is 0 Å². The summed E-state index contributed by atoms with van der Waals surface area (Å²) in [6, 6.07) is 1.73. The minimum atomic E-state index is 0.450. The molecular weight excluding hydrogens is 200 g/mol. The first-order valence-electron chi connectivity index (χ1n) is 6.70. The molecule has 16 heavy (non-hydrogen) atoms. The summed E-state index contributed by atoms with van der Waals surface area (Å²) in [5.74, 6) is 0. The van der Waals surface area contributed by atoms with Crippen molar-refractivity contribution in [3.05, 3.63) is 0 Å². The molecule has 0 aliphatic carbocycles. The summed E-state index contributed by atoms with van der Waals surface area (Å²) < 4.78 is 5.14. The van der Waals surface area contributed by atoms with E-state index in [9.17, 15) is 0 Å². The fraction of sp³-hybridized carbons (Fsp3) is 1.00. The molecule has 0 radical (unpaired) electrons. The Labute approximate surface area is 100 Å². The molecule has 1 fully saturated rings. The first kappa shape index (κ1) is 13.9. The third-order valence-electron chi connectivity index (χ3n) is 3.29. The quantitative estimate of drug-likeness (QED) is 0.729. The van der Waals surface area contributed by atoms with Crippen LogP contribution >= 0.6 is 0 Å². The maximum Gasteiger partial charge on any atom is 0.0613 e. The van der Waals surface area contributed by atoms with Crippen LogP contribution in [0.4, 0.5) is 0 Å². The lowest BCUT2D eigenvalue weighted by atomic mass is 10.0. The second-order valence-electron chi connectivity index (χ2n) is 5.16. The highest BCUT2D eigenvalue weighted by atomic mass is 16.5. The number of hydrogen-bond donors (Lipinski definition) is 2. The molecule has 0 amide bonds. The third kappa shape index (κ3) is 5.83. The second-order valence-corrected chi connectivity index (χ2v) is 5.16. The lowest BCUT2D eigenvalue weighted by Crippen LogP contribution is -2.41. The zero-order chi connectivity index (χ0) is 11.8. The number of ether oxygens (including phenoxy) is 1. The Kier molecular flexibility index (Phi) is 7.01. The summed E-state index contributed by atoms with van der Waals surface area (Å²) in [5.41, 5.74) is 0. The molecule has 1 aliphatic rings. The van der Waals surface area contributed by atoms with Gasteiger partial charge >= 0.3 is 0 Å². The van der Waals surface area contributed by atoms with Crippen molar-refractivity contribution in [1.29, 1.82) is 0 Å². The summed E-state index contributed by atoms with van der Waals surface area (Å²) in [7, 11) is 1.76. The summed E-state index contributed by atoms with van der Waals surface area (Å²) >= 11 is 0. The highest BCUT2D eigenvalue weighted by molar-refractivity contribution is 4.77. The van der Waals surface area contributed by atoms with Crippen molar-refractivity contribution < 1.29 is 4.74 Å². The van der Waals surface area contributed by atoms with Crippen molar-refractivity contribution >= 4 is 0 Å². The second kappa shape index (κ2) is 8.04. The van der Waals surface area contributed by atoms with Crippen LogP contribution in [0.15, 0.2) is 0 Å². The van der Waals surface area contributed by atoms with Crippen molar-refractivity contribution in [1.82, 2.24) is 10.6 Å². The van der Waals surface area contributed by atoms with Gasteiger partial charge in [0, 0.05) is 25.2 Å². The van der Waals surface area contributed by atoms with E-state index in [1.807, 2.05) is 0 Å². The molecule has 3 heteroatoms. The van der Waals surface area contributed by atoms with Gasteiger partial charge in [-0.1, -0.05) is 12.8 Å². The van der Waals surface area contributed by atoms with Crippen molar-refractivity contribution in [2.24, 2.45) is 0 Å². The summed E-state index contributed by atoms with van der Waals surface area (Å²) in [6.45, 7) is 6.45. The van der Waals surface area contributed by atoms with Gasteiger partial charge in [-0.15, -0.1) is 0 Å². The molecular formula is C13H28N2O. The maximum absolute atomic E-state index is 5.14. The molecule has 0 saturated carbocycles. The zero-order valence-corrected chi connectivity index (χ0v) is 11.1. The Bertz CT molecular complexity index is 167. The largest absolute Gasteiger partial charge is 0.383 e.